The molecular formula is C36H26N6. The summed E-state index contributed by atoms with van der Waals surface area (Å²) in [4.78, 5) is 27.6. The first-order valence-corrected chi connectivity index (χ1v) is 13.9. The zero-order valence-corrected chi connectivity index (χ0v) is 22.7. The van der Waals surface area contributed by atoms with Gasteiger partial charge in [-0.2, -0.15) is 0 Å². The van der Waals surface area contributed by atoms with Crippen molar-refractivity contribution in [1.29, 1.82) is 0 Å². The number of hydrogen-bond acceptors (Lipinski definition) is 6. The van der Waals surface area contributed by atoms with Crippen molar-refractivity contribution in [3.8, 4) is 34.2 Å². The number of hydrogen-bond donors (Lipinski definition) is 0. The fourth-order valence-electron chi connectivity index (χ4n) is 5.20. The van der Waals surface area contributed by atoms with Crippen LogP contribution in [0.3, 0.4) is 0 Å². The van der Waals surface area contributed by atoms with Crippen molar-refractivity contribution in [3.63, 3.8) is 0 Å². The summed E-state index contributed by atoms with van der Waals surface area (Å²) in [5.41, 5.74) is 10.7. The molecule has 6 heteroatoms. The highest BCUT2D eigenvalue weighted by Crippen LogP contribution is 2.39. The lowest BCUT2D eigenvalue weighted by Gasteiger charge is -2.23. The molecular weight excluding hydrogens is 516 g/mol. The summed E-state index contributed by atoms with van der Waals surface area (Å²) in [5, 5.41) is 0. The maximum absolute atomic E-state index is 4.82. The van der Waals surface area contributed by atoms with Crippen LogP contribution in [0.2, 0.25) is 0 Å². The predicted molar refractivity (Wildman–Crippen MR) is 166 cm³/mol. The van der Waals surface area contributed by atoms with Gasteiger partial charge in [-0.15, -0.1) is 0 Å². The smallest absolute Gasteiger partial charge is 0.0894 e. The van der Waals surface area contributed by atoms with Crippen molar-refractivity contribution in [2.45, 2.75) is 12.3 Å². The van der Waals surface area contributed by atoms with E-state index in [-0.39, 0.29) is 5.92 Å². The van der Waals surface area contributed by atoms with E-state index < -0.39 is 0 Å². The van der Waals surface area contributed by atoms with E-state index in [9.17, 15) is 0 Å². The Bertz CT molecular complexity index is 1870. The number of rotatable bonds is 6. The van der Waals surface area contributed by atoms with Crippen LogP contribution in [0.5, 0.6) is 0 Å². The van der Waals surface area contributed by atoms with Gasteiger partial charge in [0.25, 0.3) is 0 Å². The number of pyridine rings is 6. The zero-order valence-electron chi connectivity index (χ0n) is 22.7. The molecule has 1 aliphatic rings. The third-order valence-corrected chi connectivity index (χ3v) is 7.36. The molecule has 1 unspecified atom stereocenters. The van der Waals surface area contributed by atoms with Crippen LogP contribution in [0, 0.1) is 0 Å². The summed E-state index contributed by atoms with van der Waals surface area (Å²) in [6.45, 7) is 0. The first-order valence-electron chi connectivity index (χ1n) is 13.9. The summed E-state index contributed by atoms with van der Waals surface area (Å²) in [7, 11) is 0. The molecule has 0 radical (unpaired) electrons. The van der Waals surface area contributed by atoms with Gasteiger partial charge in [-0.1, -0.05) is 48.6 Å². The SMILES string of the molecule is C1=C(c2ccc(-c3ccccn3)nc2)C=C(c2ccc(-c3cccc(-c4ccccn4)n3)nc2)CC1c1cccnc1. The standard InChI is InChI=1S/C36H26N6/c1-3-17-38-31(8-1)33-14-12-26(23-40-33)29-19-28(25-7-6-16-37-22-25)20-30(21-29)27-13-15-34(41-24-27)36-11-5-10-35(42-36)32-9-2-4-18-39-32/h1-19,21-24,28H,20H2. The summed E-state index contributed by atoms with van der Waals surface area (Å²) in [6, 6.07) is 30.1. The highest BCUT2D eigenvalue weighted by atomic mass is 14.8. The van der Waals surface area contributed by atoms with Gasteiger partial charge in [0, 0.05) is 43.1 Å². The minimum atomic E-state index is 0.181. The quantitative estimate of drug-likeness (QED) is 0.214. The van der Waals surface area contributed by atoms with Crippen LogP contribution in [-0.2, 0) is 0 Å². The molecule has 1 atom stereocenters. The van der Waals surface area contributed by atoms with Crippen LogP contribution in [-0.4, -0.2) is 29.9 Å². The lowest BCUT2D eigenvalue weighted by atomic mass is 9.82. The van der Waals surface area contributed by atoms with E-state index in [1.54, 1.807) is 12.4 Å². The van der Waals surface area contributed by atoms with Crippen LogP contribution in [0.25, 0.3) is 45.3 Å². The number of allylic oxidation sites excluding steroid dienone is 4. The average Bonchev–Trinajstić information content (AvgIpc) is 3.09. The monoisotopic (exact) mass is 542 g/mol. The normalized spacial score (nSPS) is 14.6. The minimum Gasteiger partial charge on any atom is -0.264 e. The molecule has 0 bridgehead atoms. The average molecular weight is 543 g/mol. The van der Waals surface area contributed by atoms with Crippen molar-refractivity contribution in [2.24, 2.45) is 0 Å². The van der Waals surface area contributed by atoms with Gasteiger partial charge in [0.15, 0.2) is 0 Å². The van der Waals surface area contributed by atoms with Crippen LogP contribution in [0.4, 0.5) is 0 Å². The molecule has 6 nitrogen and oxygen atoms in total. The van der Waals surface area contributed by atoms with Gasteiger partial charge >= 0.3 is 0 Å². The first kappa shape index (κ1) is 25.4. The van der Waals surface area contributed by atoms with Gasteiger partial charge in [0.05, 0.1) is 34.2 Å². The van der Waals surface area contributed by atoms with Crippen LogP contribution in [0.15, 0.2) is 140 Å². The second-order valence-corrected chi connectivity index (χ2v) is 10.1. The molecule has 6 aromatic rings. The van der Waals surface area contributed by atoms with E-state index >= 15 is 0 Å². The molecule has 0 N–H and O–H groups in total. The Morgan fingerprint density at radius 1 is 0.500 bits per heavy atom. The van der Waals surface area contributed by atoms with Crippen LogP contribution < -0.4 is 0 Å². The lowest BCUT2D eigenvalue weighted by Crippen LogP contribution is -2.05. The Labute approximate surface area is 244 Å². The Morgan fingerprint density at radius 3 is 1.76 bits per heavy atom. The molecule has 0 saturated heterocycles. The molecule has 0 saturated carbocycles. The van der Waals surface area contributed by atoms with E-state index in [0.717, 1.165) is 57.3 Å². The summed E-state index contributed by atoms with van der Waals surface area (Å²) >= 11 is 0. The zero-order chi connectivity index (χ0) is 28.1. The van der Waals surface area contributed by atoms with E-state index in [1.807, 2.05) is 97.6 Å². The Kier molecular flexibility index (Phi) is 6.92. The topological polar surface area (TPSA) is 77.3 Å². The van der Waals surface area contributed by atoms with Gasteiger partial charge < -0.3 is 0 Å². The first-order chi connectivity index (χ1) is 20.8. The highest BCUT2D eigenvalue weighted by Gasteiger charge is 2.20. The molecule has 0 fully saturated rings. The Morgan fingerprint density at radius 2 is 1.14 bits per heavy atom. The molecule has 6 aromatic heterocycles. The van der Waals surface area contributed by atoms with Crippen molar-refractivity contribution < 1.29 is 0 Å². The van der Waals surface area contributed by atoms with Gasteiger partial charge in [-0.25, -0.2) is 4.98 Å². The molecule has 200 valence electrons. The second kappa shape index (κ2) is 11.5. The molecule has 0 aliphatic heterocycles. The van der Waals surface area contributed by atoms with Gasteiger partial charge in [-0.05, 0) is 88.9 Å². The second-order valence-electron chi connectivity index (χ2n) is 10.1. The minimum absolute atomic E-state index is 0.181. The van der Waals surface area contributed by atoms with Gasteiger partial charge in [0.1, 0.15) is 0 Å². The van der Waals surface area contributed by atoms with Crippen molar-refractivity contribution in [3.05, 3.63) is 157 Å². The van der Waals surface area contributed by atoms with E-state index in [0.29, 0.717) is 0 Å². The fraction of sp³-hybridized carbons (Fsp3) is 0.0556. The van der Waals surface area contributed by atoms with E-state index in [1.165, 1.54) is 11.1 Å². The van der Waals surface area contributed by atoms with E-state index in [2.05, 4.69) is 45.3 Å². The maximum atomic E-state index is 4.82. The molecule has 6 heterocycles. The number of aromatic nitrogens is 6. The van der Waals surface area contributed by atoms with Crippen molar-refractivity contribution in [1.82, 2.24) is 29.9 Å². The van der Waals surface area contributed by atoms with Crippen LogP contribution >= 0.6 is 0 Å². The van der Waals surface area contributed by atoms with Crippen molar-refractivity contribution in [2.75, 3.05) is 0 Å². The molecule has 0 spiro atoms. The molecule has 7 rings (SSSR count). The summed E-state index contributed by atoms with van der Waals surface area (Å²) in [5.74, 6) is 0.181. The van der Waals surface area contributed by atoms with Crippen LogP contribution in [0.1, 0.15) is 29.0 Å². The lowest BCUT2D eigenvalue weighted by molar-refractivity contribution is 0.862. The highest BCUT2D eigenvalue weighted by molar-refractivity contribution is 5.87. The van der Waals surface area contributed by atoms with Gasteiger partial charge in [0.2, 0.25) is 0 Å². The predicted octanol–water partition coefficient (Wildman–Crippen LogP) is 7.71. The number of nitrogens with zero attached hydrogens (tertiary/aromatic N) is 6. The molecule has 0 amide bonds. The Hall–Kier alpha value is -5.62. The molecule has 1 aliphatic carbocycles. The van der Waals surface area contributed by atoms with Crippen molar-refractivity contribution >= 4 is 11.1 Å². The summed E-state index contributed by atoms with van der Waals surface area (Å²) in [6.07, 6.45) is 16.6. The third-order valence-electron chi connectivity index (χ3n) is 7.36. The fourth-order valence-corrected chi connectivity index (χ4v) is 5.20. The Balaban J connectivity index is 1.20. The maximum Gasteiger partial charge on any atom is 0.0894 e. The summed E-state index contributed by atoms with van der Waals surface area (Å²) < 4.78 is 0. The molecule has 0 aromatic carbocycles. The van der Waals surface area contributed by atoms with E-state index in [4.69, 9.17) is 15.0 Å². The third kappa shape index (κ3) is 5.38. The van der Waals surface area contributed by atoms with Gasteiger partial charge in [-0.3, -0.25) is 24.9 Å². The molecule has 42 heavy (non-hydrogen) atoms. The largest absolute Gasteiger partial charge is 0.264 e.